The van der Waals surface area contributed by atoms with Crippen LogP contribution in [-0.2, 0) is 4.79 Å². The summed E-state index contributed by atoms with van der Waals surface area (Å²) in [6, 6.07) is 26.0. The fourth-order valence-electron chi connectivity index (χ4n) is 5.09. The van der Waals surface area contributed by atoms with Gasteiger partial charge in [0.1, 0.15) is 5.82 Å². The van der Waals surface area contributed by atoms with Crippen molar-refractivity contribution in [2.45, 2.75) is 25.2 Å². The predicted molar refractivity (Wildman–Crippen MR) is 122 cm³/mol. The number of aliphatic hydroxyl groups excluding tert-OH is 1. The predicted octanol–water partition coefficient (Wildman–Crippen LogP) is 4.38. The minimum Gasteiger partial charge on any atom is -0.361 e. The fourth-order valence-corrected chi connectivity index (χ4v) is 5.09. The zero-order chi connectivity index (χ0) is 22.1. The van der Waals surface area contributed by atoms with Crippen LogP contribution in [0.2, 0.25) is 0 Å². The number of amides is 1. The lowest BCUT2D eigenvalue weighted by molar-refractivity contribution is -0.147. The molecule has 32 heavy (non-hydrogen) atoms. The highest BCUT2D eigenvalue weighted by Crippen LogP contribution is 2.57. The van der Waals surface area contributed by atoms with E-state index in [9.17, 15) is 14.3 Å². The molecule has 3 aromatic rings. The molecule has 2 saturated heterocycles. The Bertz CT molecular complexity index is 1080. The summed E-state index contributed by atoms with van der Waals surface area (Å²) in [5.41, 5.74) is 2.08. The van der Waals surface area contributed by atoms with Crippen LogP contribution < -0.4 is 10.2 Å². The van der Waals surface area contributed by atoms with E-state index in [1.807, 2.05) is 58.3 Å². The number of carbonyl (C=O) groups is 1. The zero-order valence-corrected chi connectivity index (χ0v) is 17.7. The fraction of sp³-hybridized carbons (Fsp3) is 0.269. The number of halogens is 1. The summed E-state index contributed by atoms with van der Waals surface area (Å²) in [6.07, 6.45) is 0.359. The molecule has 0 aromatic heterocycles. The minimum atomic E-state index is -0.940. The standard InChI is InChI=1S/C26H26FN3O2/c27-20-10-7-11-21(18-20)28-25(32)29-16-14-26(15-17-29)23(19-8-3-1-4-9-19)30(24(26)31)22-12-5-2-6-13-22/h1-13,18,23,25,28,32H,14-17H2. The van der Waals surface area contributed by atoms with Crippen molar-refractivity contribution in [1.82, 2.24) is 4.90 Å². The van der Waals surface area contributed by atoms with Gasteiger partial charge in [0.25, 0.3) is 0 Å². The van der Waals surface area contributed by atoms with Crippen molar-refractivity contribution >= 4 is 17.3 Å². The molecule has 2 aliphatic heterocycles. The molecule has 164 valence electrons. The highest BCUT2D eigenvalue weighted by molar-refractivity contribution is 6.06. The van der Waals surface area contributed by atoms with Crippen molar-refractivity contribution < 1.29 is 14.3 Å². The number of aliphatic hydroxyl groups is 1. The van der Waals surface area contributed by atoms with Gasteiger partial charge in [-0.25, -0.2) is 4.39 Å². The third-order valence-electron chi connectivity index (χ3n) is 6.73. The Kier molecular flexibility index (Phi) is 5.41. The Morgan fingerprint density at radius 2 is 1.59 bits per heavy atom. The zero-order valence-electron chi connectivity index (χ0n) is 17.7. The third kappa shape index (κ3) is 3.55. The number of nitrogens with one attached hydrogen (secondary N) is 1. The molecule has 5 rings (SSSR count). The molecule has 1 spiro atoms. The van der Waals surface area contributed by atoms with Crippen LogP contribution in [0.4, 0.5) is 15.8 Å². The number of para-hydroxylation sites is 1. The van der Waals surface area contributed by atoms with Crippen LogP contribution in [0.5, 0.6) is 0 Å². The van der Waals surface area contributed by atoms with E-state index in [1.165, 1.54) is 12.1 Å². The smallest absolute Gasteiger partial charge is 0.236 e. The summed E-state index contributed by atoms with van der Waals surface area (Å²) in [4.78, 5) is 17.3. The molecule has 5 nitrogen and oxygen atoms in total. The number of likely N-dealkylation sites (tertiary alicyclic amines) is 1. The maximum Gasteiger partial charge on any atom is 0.236 e. The SMILES string of the molecule is O=C1N(c2ccccc2)C(c2ccccc2)C12CCN(C(O)Nc1cccc(F)c1)CC2. The Hall–Kier alpha value is -3.22. The highest BCUT2D eigenvalue weighted by atomic mass is 19.1. The summed E-state index contributed by atoms with van der Waals surface area (Å²) in [5, 5.41) is 13.6. The van der Waals surface area contributed by atoms with Crippen LogP contribution in [0.1, 0.15) is 24.4 Å². The monoisotopic (exact) mass is 431 g/mol. The maximum absolute atomic E-state index is 13.5. The number of anilines is 2. The first-order valence-electron chi connectivity index (χ1n) is 11.0. The Morgan fingerprint density at radius 3 is 2.25 bits per heavy atom. The molecule has 2 fully saturated rings. The van der Waals surface area contributed by atoms with Crippen LogP contribution in [0.25, 0.3) is 0 Å². The molecular weight excluding hydrogens is 405 g/mol. The lowest BCUT2D eigenvalue weighted by atomic mass is 9.62. The number of benzene rings is 3. The third-order valence-corrected chi connectivity index (χ3v) is 6.73. The second kappa shape index (κ2) is 8.37. The van der Waals surface area contributed by atoms with Crippen LogP contribution in [0.15, 0.2) is 84.9 Å². The quantitative estimate of drug-likeness (QED) is 0.465. The van der Waals surface area contributed by atoms with E-state index in [1.54, 1.807) is 12.1 Å². The van der Waals surface area contributed by atoms with Crippen LogP contribution in [-0.4, -0.2) is 35.4 Å². The van der Waals surface area contributed by atoms with E-state index in [0.29, 0.717) is 31.6 Å². The lowest BCUT2D eigenvalue weighted by Crippen LogP contribution is -2.67. The van der Waals surface area contributed by atoms with E-state index < -0.39 is 11.8 Å². The summed E-state index contributed by atoms with van der Waals surface area (Å²) in [5.74, 6) is -0.212. The average molecular weight is 432 g/mol. The molecule has 0 saturated carbocycles. The van der Waals surface area contributed by atoms with Gasteiger partial charge in [0.05, 0.1) is 11.5 Å². The Labute approximate surface area is 187 Å². The molecule has 2 heterocycles. The lowest BCUT2D eigenvalue weighted by Gasteiger charge is -2.59. The molecule has 2 unspecified atom stereocenters. The van der Waals surface area contributed by atoms with Gasteiger partial charge in [-0.2, -0.15) is 0 Å². The van der Waals surface area contributed by atoms with Gasteiger partial charge in [0, 0.05) is 24.5 Å². The first-order valence-corrected chi connectivity index (χ1v) is 11.0. The van der Waals surface area contributed by atoms with Crippen LogP contribution >= 0.6 is 0 Å². The first-order chi connectivity index (χ1) is 15.6. The largest absolute Gasteiger partial charge is 0.361 e. The average Bonchev–Trinajstić information content (AvgIpc) is 2.83. The Morgan fingerprint density at radius 1 is 0.938 bits per heavy atom. The number of carbonyl (C=O) groups excluding carboxylic acids is 1. The summed E-state index contributed by atoms with van der Waals surface area (Å²) < 4.78 is 13.5. The van der Waals surface area contributed by atoms with Crippen molar-refractivity contribution in [3.8, 4) is 0 Å². The van der Waals surface area contributed by atoms with Crippen molar-refractivity contribution in [2.75, 3.05) is 23.3 Å². The highest BCUT2D eigenvalue weighted by Gasteiger charge is 2.62. The van der Waals surface area contributed by atoms with Crippen molar-refractivity contribution in [1.29, 1.82) is 0 Å². The van der Waals surface area contributed by atoms with Crippen molar-refractivity contribution in [3.63, 3.8) is 0 Å². The Balaban J connectivity index is 1.35. The van der Waals surface area contributed by atoms with Crippen molar-refractivity contribution in [3.05, 3.63) is 96.3 Å². The number of hydrogen-bond acceptors (Lipinski definition) is 4. The maximum atomic E-state index is 13.5. The van der Waals surface area contributed by atoms with E-state index in [0.717, 1.165) is 11.3 Å². The molecule has 2 N–H and O–H groups in total. The van der Waals surface area contributed by atoms with Gasteiger partial charge in [-0.3, -0.25) is 9.69 Å². The number of rotatable bonds is 5. The molecule has 3 aromatic carbocycles. The number of hydrogen-bond donors (Lipinski definition) is 2. The minimum absolute atomic E-state index is 0.0333. The topological polar surface area (TPSA) is 55.8 Å². The summed E-state index contributed by atoms with van der Waals surface area (Å²) in [7, 11) is 0. The number of nitrogens with zero attached hydrogens (tertiary/aromatic N) is 2. The molecule has 0 bridgehead atoms. The van der Waals surface area contributed by atoms with Crippen LogP contribution in [0, 0.1) is 11.2 Å². The molecule has 0 aliphatic carbocycles. The summed E-state index contributed by atoms with van der Waals surface area (Å²) in [6.45, 7) is 1.14. The number of piperidine rings is 1. The number of β-lactam (4-membered cyclic amide) rings is 1. The van der Waals surface area contributed by atoms with Crippen LogP contribution in [0.3, 0.4) is 0 Å². The normalized spacial score (nSPS) is 21.2. The van der Waals surface area contributed by atoms with E-state index in [-0.39, 0.29) is 17.8 Å². The van der Waals surface area contributed by atoms with Gasteiger partial charge in [-0.05, 0) is 48.7 Å². The van der Waals surface area contributed by atoms with E-state index >= 15 is 0 Å². The van der Waals surface area contributed by atoms with Gasteiger partial charge >= 0.3 is 0 Å². The second-order valence-corrected chi connectivity index (χ2v) is 8.54. The van der Waals surface area contributed by atoms with Crippen molar-refractivity contribution in [2.24, 2.45) is 5.41 Å². The molecule has 1 amide bonds. The second-order valence-electron chi connectivity index (χ2n) is 8.54. The van der Waals surface area contributed by atoms with E-state index in [2.05, 4.69) is 17.4 Å². The van der Waals surface area contributed by atoms with Gasteiger partial charge < -0.3 is 15.3 Å². The van der Waals surface area contributed by atoms with Gasteiger partial charge in [-0.15, -0.1) is 0 Å². The van der Waals surface area contributed by atoms with Gasteiger partial charge in [-0.1, -0.05) is 54.6 Å². The summed E-state index contributed by atoms with van der Waals surface area (Å²) >= 11 is 0. The van der Waals surface area contributed by atoms with Gasteiger partial charge in [0.2, 0.25) is 5.91 Å². The first kappa shape index (κ1) is 20.7. The molecule has 2 atom stereocenters. The molecule has 0 radical (unpaired) electrons. The molecule has 6 heteroatoms. The van der Waals surface area contributed by atoms with Gasteiger partial charge in [0.15, 0.2) is 6.35 Å². The molecule has 2 aliphatic rings. The molecular formula is C26H26FN3O2. The van der Waals surface area contributed by atoms with E-state index in [4.69, 9.17) is 0 Å².